The van der Waals surface area contributed by atoms with Crippen LogP contribution in [-0.2, 0) is 17.6 Å². The van der Waals surface area contributed by atoms with E-state index in [-0.39, 0.29) is 11.9 Å². The van der Waals surface area contributed by atoms with Gasteiger partial charge < -0.3 is 10.4 Å². The van der Waals surface area contributed by atoms with Crippen LogP contribution in [-0.4, -0.2) is 22.5 Å². The fourth-order valence-electron chi connectivity index (χ4n) is 3.40. The Bertz CT molecular complexity index is 702. The number of carbonyl (C=O) groups excluding carboxylic acids is 1. The lowest BCUT2D eigenvalue weighted by Crippen LogP contribution is -2.32. The topological polar surface area (TPSA) is 49.3 Å². The highest BCUT2D eigenvalue weighted by molar-refractivity contribution is 7.99. The minimum atomic E-state index is 0.0354. The van der Waals surface area contributed by atoms with Crippen molar-refractivity contribution in [2.75, 3.05) is 11.5 Å². The van der Waals surface area contributed by atoms with Gasteiger partial charge in [-0.3, -0.25) is 4.79 Å². The van der Waals surface area contributed by atoms with Gasteiger partial charge in [-0.05, 0) is 60.6 Å². The van der Waals surface area contributed by atoms with Crippen molar-refractivity contribution in [1.29, 1.82) is 0 Å². The smallest absolute Gasteiger partial charge is 0.230 e. The Morgan fingerprint density at radius 3 is 2.84 bits per heavy atom. The molecule has 1 aliphatic carbocycles. The van der Waals surface area contributed by atoms with Gasteiger partial charge in [-0.15, -0.1) is 0 Å². The third kappa shape index (κ3) is 5.02. The molecule has 0 radical (unpaired) electrons. The lowest BCUT2D eigenvalue weighted by molar-refractivity contribution is -0.119. The Kier molecular flexibility index (Phi) is 6.40. The van der Waals surface area contributed by atoms with E-state index < -0.39 is 0 Å². The number of amides is 1. The Labute approximate surface area is 153 Å². The van der Waals surface area contributed by atoms with Gasteiger partial charge in [-0.25, -0.2) is 0 Å². The van der Waals surface area contributed by atoms with Crippen molar-refractivity contribution >= 4 is 17.7 Å². The number of phenolic OH excluding ortho intramolecular Hbond substituents is 1. The van der Waals surface area contributed by atoms with Gasteiger partial charge in [0.2, 0.25) is 5.91 Å². The van der Waals surface area contributed by atoms with Crippen molar-refractivity contribution < 1.29 is 9.90 Å². The zero-order valence-corrected chi connectivity index (χ0v) is 15.2. The van der Waals surface area contributed by atoms with Crippen LogP contribution in [0.25, 0.3) is 0 Å². The maximum absolute atomic E-state index is 12.2. The number of fused-ring (bicyclic) bond motifs is 1. The summed E-state index contributed by atoms with van der Waals surface area (Å²) in [5.41, 5.74) is 3.43. The van der Waals surface area contributed by atoms with Gasteiger partial charge in [0, 0.05) is 0 Å². The first-order valence-electron chi connectivity index (χ1n) is 8.96. The van der Waals surface area contributed by atoms with Crippen LogP contribution in [0.5, 0.6) is 5.75 Å². The number of benzene rings is 2. The zero-order chi connectivity index (χ0) is 17.5. The number of aryl methyl sites for hydroxylation is 1. The summed E-state index contributed by atoms with van der Waals surface area (Å²) in [6.07, 6.45) is 4.98. The first-order chi connectivity index (χ1) is 12.2. The van der Waals surface area contributed by atoms with Crippen molar-refractivity contribution in [2.24, 2.45) is 0 Å². The molecular weight excluding hydrogens is 330 g/mol. The molecule has 0 aromatic heterocycles. The number of phenols is 1. The van der Waals surface area contributed by atoms with E-state index in [1.54, 1.807) is 17.8 Å². The van der Waals surface area contributed by atoms with Crippen LogP contribution < -0.4 is 5.32 Å². The lowest BCUT2D eigenvalue weighted by Gasteiger charge is -2.26. The standard InChI is InChI=1S/C21H25NO2S/c23-20-13-5-10-17-18(20)11-4-12-19(17)22-21(24)15-25-14-6-9-16-7-2-1-3-8-16/h1-3,5,7-8,10,13,19,23H,4,6,9,11-12,14-15H2,(H,22,24). The van der Waals surface area contributed by atoms with E-state index >= 15 is 0 Å². The molecule has 4 heteroatoms. The molecule has 0 saturated heterocycles. The van der Waals surface area contributed by atoms with Gasteiger partial charge in [0.25, 0.3) is 0 Å². The van der Waals surface area contributed by atoms with E-state index in [0.29, 0.717) is 11.5 Å². The summed E-state index contributed by atoms with van der Waals surface area (Å²) in [5, 5.41) is 13.1. The highest BCUT2D eigenvalue weighted by atomic mass is 32.2. The minimum absolute atomic E-state index is 0.0354. The van der Waals surface area contributed by atoms with E-state index in [9.17, 15) is 9.90 Å². The molecule has 0 heterocycles. The second kappa shape index (κ2) is 8.95. The molecule has 1 unspecified atom stereocenters. The second-order valence-electron chi connectivity index (χ2n) is 6.50. The molecule has 0 saturated carbocycles. The highest BCUT2D eigenvalue weighted by Crippen LogP contribution is 2.34. The molecule has 2 aromatic rings. The van der Waals surface area contributed by atoms with Crippen LogP contribution in [0.2, 0.25) is 0 Å². The van der Waals surface area contributed by atoms with Crippen LogP contribution >= 0.6 is 11.8 Å². The van der Waals surface area contributed by atoms with Crippen LogP contribution in [0, 0.1) is 0 Å². The third-order valence-electron chi connectivity index (χ3n) is 4.65. The molecule has 2 N–H and O–H groups in total. The fourth-order valence-corrected chi connectivity index (χ4v) is 4.16. The van der Waals surface area contributed by atoms with Gasteiger partial charge >= 0.3 is 0 Å². The quantitative estimate of drug-likeness (QED) is 0.730. The van der Waals surface area contributed by atoms with Crippen LogP contribution in [0.4, 0.5) is 0 Å². The lowest BCUT2D eigenvalue weighted by atomic mass is 9.87. The number of rotatable bonds is 7. The van der Waals surface area contributed by atoms with E-state index in [4.69, 9.17) is 0 Å². The summed E-state index contributed by atoms with van der Waals surface area (Å²) < 4.78 is 0. The van der Waals surface area contributed by atoms with E-state index in [1.165, 1.54) is 5.56 Å². The molecule has 2 aromatic carbocycles. The van der Waals surface area contributed by atoms with Crippen molar-refractivity contribution in [1.82, 2.24) is 5.32 Å². The summed E-state index contributed by atoms with van der Waals surface area (Å²) in [5.74, 6) is 1.93. The Morgan fingerprint density at radius 2 is 2.00 bits per heavy atom. The molecule has 1 amide bonds. The molecule has 132 valence electrons. The first kappa shape index (κ1) is 17.9. The molecule has 3 rings (SSSR count). The minimum Gasteiger partial charge on any atom is -0.508 e. The molecule has 0 fully saturated rings. The number of hydrogen-bond acceptors (Lipinski definition) is 3. The molecule has 1 atom stereocenters. The van der Waals surface area contributed by atoms with Crippen LogP contribution in [0.15, 0.2) is 48.5 Å². The Balaban J connectivity index is 1.41. The normalized spacial score (nSPS) is 16.2. The average molecular weight is 356 g/mol. The summed E-state index contributed by atoms with van der Waals surface area (Å²) in [6, 6.07) is 16.1. The van der Waals surface area contributed by atoms with E-state index in [1.807, 2.05) is 18.2 Å². The molecule has 3 nitrogen and oxygen atoms in total. The van der Waals surface area contributed by atoms with E-state index in [0.717, 1.165) is 49.0 Å². The predicted octanol–water partition coefficient (Wildman–Crippen LogP) is 4.25. The first-order valence-corrected chi connectivity index (χ1v) is 10.1. The number of nitrogens with one attached hydrogen (secondary N) is 1. The largest absolute Gasteiger partial charge is 0.508 e. The third-order valence-corrected chi connectivity index (χ3v) is 5.69. The molecule has 0 aliphatic heterocycles. The Hall–Kier alpha value is -1.94. The number of carbonyl (C=O) groups is 1. The summed E-state index contributed by atoms with van der Waals surface area (Å²) >= 11 is 1.69. The predicted molar refractivity (Wildman–Crippen MR) is 104 cm³/mol. The van der Waals surface area contributed by atoms with E-state index in [2.05, 4.69) is 29.6 Å². The summed E-state index contributed by atoms with van der Waals surface area (Å²) in [6.45, 7) is 0. The molecule has 0 bridgehead atoms. The molecular formula is C21H25NO2S. The van der Waals surface area contributed by atoms with Gasteiger partial charge in [-0.2, -0.15) is 11.8 Å². The maximum atomic E-state index is 12.2. The number of aromatic hydroxyl groups is 1. The molecule has 25 heavy (non-hydrogen) atoms. The van der Waals surface area contributed by atoms with Gasteiger partial charge in [0.1, 0.15) is 5.75 Å². The molecule has 0 spiro atoms. The van der Waals surface area contributed by atoms with Crippen molar-refractivity contribution in [3.63, 3.8) is 0 Å². The zero-order valence-electron chi connectivity index (χ0n) is 14.4. The fraction of sp³-hybridized carbons (Fsp3) is 0.381. The SMILES string of the molecule is O=C(CSCCCc1ccccc1)NC1CCCc2c(O)cccc21. The maximum Gasteiger partial charge on any atom is 0.230 e. The monoisotopic (exact) mass is 355 g/mol. The highest BCUT2D eigenvalue weighted by Gasteiger charge is 2.23. The molecule has 1 aliphatic rings. The van der Waals surface area contributed by atoms with Crippen molar-refractivity contribution in [3.05, 3.63) is 65.2 Å². The number of hydrogen-bond donors (Lipinski definition) is 2. The average Bonchev–Trinajstić information content (AvgIpc) is 2.63. The Morgan fingerprint density at radius 1 is 1.16 bits per heavy atom. The summed E-state index contributed by atoms with van der Waals surface area (Å²) in [4.78, 5) is 12.2. The van der Waals surface area contributed by atoms with Gasteiger partial charge in [0.05, 0.1) is 11.8 Å². The second-order valence-corrected chi connectivity index (χ2v) is 7.60. The van der Waals surface area contributed by atoms with Crippen molar-refractivity contribution in [3.8, 4) is 5.75 Å². The summed E-state index contributed by atoms with van der Waals surface area (Å²) in [7, 11) is 0. The van der Waals surface area contributed by atoms with Gasteiger partial charge in [0.15, 0.2) is 0 Å². The van der Waals surface area contributed by atoms with Gasteiger partial charge in [-0.1, -0.05) is 42.5 Å². The van der Waals surface area contributed by atoms with Crippen molar-refractivity contribution in [2.45, 2.75) is 38.1 Å². The number of thioether (sulfide) groups is 1. The van der Waals surface area contributed by atoms with Crippen LogP contribution in [0.1, 0.15) is 42.0 Å². The van der Waals surface area contributed by atoms with Crippen LogP contribution in [0.3, 0.4) is 0 Å².